The Hall–Kier alpha value is -2.47. The average Bonchev–Trinajstić information content (AvgIpc) is 3.12. The van der Waals surface area contributed by atoms with E-state index in [2.05, 4.69) is 41.3 Å². The van der Waals surface area contributed by atoms with Crippen molar-refractivity contribution in [1.82, 2.24) is 9.97 Å². The van der Waals surface area contributed by atoms with Gasteiger partial charge in [0, 0.05) is 4.88 Å². The molecule has 0 saturated heterocycles. The fourth-order valence-electron chi connectivity index (χ4n) is 4.04. The number of fused-ring (bicyclic) bond motifs is 3. The highest BCUT2D eigenvalue weighted by Crippen LogP contribution is 2.45. The third-order valence-electron chi connectivity index (χ3n) is 6.34. The van der Waals surface area contributed by atoms with Crippen LogP contribution in [0.2, 0.25) is 0 Å². The molecule has 0 spiro atoms. The largest absolute Gasteiger partial charge is 0.497 e. The van der Waals surface area contributed by atoms with Crippen molar-refractivity contribution in [3.8, 4) is 5.75 Å². The Morgan fingerprint density at radius 1 is 1.34 bits per heavy atom. The summed E-state index contributed by atoms with van der Waals surface area (Å²) in [5, 5.41) is 5.58. The van der Waals surface area contributed by atoms with Crippen LogP contribution in [0.3, 0.4) is 0 Å². The first-order valence-electron chi connectivity index (χ1n) is 10.2. The minimum absolute atomic E-state index is 0.347. The van der Waals surface area contributed by atoms with Gasteiger partial charge in [0.1, 0.15) is 16.9 Å². The molecule has 1 aromatic carbocycles. The molecule has 1 atom stereocenters. The molecule has 0 fully saturated rings. The van der Waals surface area contributed by atoms with Crippen LogP contribution in [0.25, 0.3) is 10.2 Å². The SMILES string of the molecule is CCC(C)(C)C1CCc2sc3ncnc(NN=Cc4cccc(OC)c4)c3c2C1. The molecule has 3 aromatic rings. The molecule has 1 N–H and O–H groups in total. The lowest BCUT2D eigenvalue weighted by atomic mass is 9.69. The fourth-order valence-corrected chi connectivity index (χ4v) is 5.22. The number of aryl methyl sites for hydroxylation is 1. The maximum Gasteiger partial charge on any atom is 0.158 e. The lowest BCUT2D eigenvalue weighted by Crippen LogP contribution is -2.28. The summed E-state index contributed by atoms with van der Waals surface area (Å²) in [6, 6.07) is 7.82. The quantitative estimate of drug-likeness (QED) is 0.421. The van der Waals surface area contributed by atoms with E-state index in [0.29, 0.717) is 11.3 Å². The van der Waals surface area contributed by atoms with Crippen LogP contribution in [0.5, 0.6) is 5.75 Å². The molecule has 0 saturated carbocycles. The summed E-state index contributed by atoms with van der Waals surface area (Å²) in [5.41, 5.74) is 5.90. The third-order valence-corrected chi connectivity index (χ3v) is 7.54. The number of aromatic nitrogens is 2. The van der Waals surface area contributed by atoms with E-state index in [1.54, 1.807) is 19.7 Å². The van der Waals surface area contributed by atoms with E-state index in [1.807, 2.05) is 35.6 Å². The smallest absolute Gasteiger partial charge is 0.158 e. The van der Waals surface area contributed by atoms with Crippen molar-refractivity contribution in [3.05, 3.63) is 46.6 Å². The van der Waals surface area contributed by atoms with Gasteiger partial charge < -0.3 is 4.74 Å². The van der Waals surface area contributed by atoms with Gasteiger partial charge in [-0.05, 0) is 53.9 Å². The van der Waals surface area contributed by atoms with Crippen LogP contribution in [-0.4, -0.2) is 23.3 Å². The van der Waals surface area contributed by atoms with E-state index in [9.17, 15) is 0 Å². The van der Waals surface area contributed by atoms with Crippen LogP contribution in [-0.2, 0) is 12.8 Å². The molecule has 0 amide bonds. The zero-order chi connectivity index (χ0) is 20.4. The Labute approximate surface area is 176 Å². The molecular formula is C23H28N4OS. The van der Waals surface area contributed by atoms with Crippen LogP contribution in [0.4, 0.5) is 5.82 Å². The van der Waals surface area contributed by atoms with Crippen molar-refractivity contribution in [2.24, 2.45) is 16.4 Å². The van der Waals surface area contributed by atoms with Crippen molar-refractivity contribution >= 4 is 33.6 Å². The number of nitrogens with one attached hydrogen (secondary N) is 1. The van der Waals surface area contributed by atoms with Crippen molar-refractivity contribution in [1.29, 1.82) is 0 Å². The maximum absolute atomic E-state index is 5.27. The second-order valence-corrected chi connectivity index (χ2v) is 9.42. The molecule has 2 aromatic heterocycles. The van der Waals surface area contributed by atoms with Gasteiger partial charge in [0.25, 0.3) is 0 Å². The number of hydrogen-bond donors (Lipinski definition) is 1. The molecule has 29 heavy (non-hydrogen) atoms. The molecular weight excluding hydrogens is 380 g/mol. The third kappa shape index (κ3) is 3.99. The lowest BCUT2D eigenvalue weighted by Gasteiger charge is -2.36. The number of nitrogens with zero attached hydrogens (tertiary/aromatic N) is 3. The van der Waals surface area contributed by atoms with Crippen molar-refractivity contribution in [3.63, 3.8) is 0 Å². The van der Waals surface area contributed by atoms with E-state index in [0.717, 1.165) is 40.2 Å². The Morgan fingerprint density at radius 3 is 3.00 bits per heavy atom. The van der Waals surface area contributed by atoms with Gasteiger partial charge in [-0.15, -0.1) is 11.3 Å². The van der Waals surface area contributed by atoms with E-state index in [1.165, 1.54) is 23.3 Å². The minimum atomic E-state index is 0.347. The molecule has 2 heterocycles. The van der Waals surface area contributed by atoms with E-state index in [4.69, 9.17) is 4.74 Å². The van der Waals surface area contributed by atoms with Gasteiger partial charge in [0.2, 0.25) is 0 Å². The molecule has 0 radical (unpaired) electrons. The highest BCUT2D eigenvalue weighted by atomic mass is 32.1. The zero-order valence-electron chi connectivity index (χ0n) is 17.5. The number of methoxy groups -OCH3 is 1. The number of thiophene rings is 1. The van der Waals surface area contributed by atoms with Gasteiger partial charge >= 0.3 is 0 Å². The first-order chi connectivity index (χ1) is 14.0. The summed E-state index contributed by atoms with van der Waals surface area (Å²) in [5.74, 6) is 2.29. The summed E-state index contributed by atoms with van der Waals surface area (Å²) < 4.78 is 5.27. The molecule has 0 bridgehead atoms. The number of hydrogen-bond acceptors (Lipinski definition) is 6. The Morgan fingerprint density at radius 2 is 2.21 bits per heavy atom. The van der Waals surface area contributed by atoms with Gasteiger partial charge in [-0.2, -0.15) is 5.10 Å². The summed E-state index contributed by atoms with van der Waals surface area (Å²) >= 11 is 1.81. The Balaban J connectivity index is 1.62. The zero-order valence-corrected chi connectivity index (χ0v) is 18.3. The molecule has 6 heteroatoms. The van der Waals surface area contributed by atoms with Crippen LogP contribution in [0, 0.1) is 11.3 Å². The first kappa shape index (κ1) is 19.8. The Kier molecular flexibility index (Phi) is 5.54. The van der Waals surface area contributed by atoms with E-state index >= 15 is 0 Å². The summed E-state index contributed by atoms with van der Waals surface area (Å²) in [6.45, 7) is 7.08. The van der Waals surface area contributed by atoms with Crippen molar-refractivity contribution < 1.29 is 4.74 Å². The first-order valence-corrected chi connectivity index (χ1v) is 11.0. The van der Waals surface area contributed by atoms with Gasteiger partial charge in [-0.3, -0.25) is 5.43 Å². The van der Waals surface area contributed by atoms with Crippen LogP contribution < -0.4 is 10.2 Å². The predicted molar refractivity (Wildman–Crippen MR) is 121 cm³/mol. The second kappa shape index (κ2) is 8.11. The van der Waals surface area contributed by atoms with Crippen molar-refractivity contribution in [2.75, 3.05) is 12.5 Å². The number of ether oxygens (including phenoxy) is 1. The van der Waals surface area contributed by atoms with Crippen LogP contribution in [0.1, 0.15) is 49.6 Å². The molecule has 1 aliphatic rings. The molecule has 1 unspecified atom stereocenters. The molecule has 0 aliphatic heterocycles. The topological polar surface area (TPSA) is 59.4 Å². The van der Waals surface area contributed by atoms with Gasteiger partial charge in [0.15, 0.2) is 5.82 Å². The van der Waals surface area contributed by atoms with Crippen LogP contribution >= 0.6 is 11.3 Å². The fraction of sp³-hybridized carbons (Fsp3) is 0.435. The predicted octanol–water partition coefficient (Wildman–Crippen LogP) is 5.69. The summed E-state index contributed by atoms with van der Waals surface area (Å²) in [7, 11) is 1.67. The highest BCUT2D eigenvalue weighted by Gasteiger charge is 2.33. The molecule has 5 nitrogen and oxygen atoms in total. The van der Waals surface area contributed by atoms with Gasteiger partial charge in [-0.1, -0.05) is 39.3 Å². The minimum Gasteiger partial charge on any atom is -0.497 e. The number of anilines is 1. The number of benzene rings is 1. The monoisotopic (exact) mass is 408 g/mol. The molecule has 4 rings (SSSR count). The summed E-state index contributed by atoms with van der Waals surface area (Å²) in [4.78, 5) is 11.6. The highest BCUT2D eigenvalue weighted by molar-refractivity contribution is 7.19. The van der Waals surface area contributed by atoms with Gasteiger partial charge in [0.05, 0.1) is 18.7 Å². The number of rotatable bonds is 6. The average molecular weight is 409 g/mol. The standard InChI is InChI=1S/C23H28N4OS/c1-5-23(2,3)16-9-10-19-18(12-16)20-21(24-14-25-22(20)29-19)27-26-13-15-7-6-8-17(11-15)28-4/h6-8,11,13-14,16H,5,9-10,12H2,1-4H3,(H,24,25,27). The van der Waals surface area contributed by atoms with Crippen LogP contribution in [0.15, 0.2) is 35.7 Å². The van der Waals surface area contributed by atoms with Crippen molar-refractivity contribution in [2.45, 2.75) is 46.5 Å². The molecule has 1 aliphatic carbocycles. The molecule has 152 valence electrons. The van der Waals surface area contributed by atoms with Gasteiger partial charge in [-0.25, -0.2) is 9.97 Å². The normalized spacial score (nSPS) is 16.9. The summed E-state index contributed by atoms with van der Waals surface area (Å²) in [6.07, 6.45) is 8.10. The number of hydrazone groups is 1. The van der Waals surface area contributed by atoms with E-state index < -0.39 is 0 Å². The second-order valence-electron chi connectivity index (χ2n) is 8.33. The van der Waals surface area contributed by atoms with E-state index in [-0.39, 0.29) is 0 Å². The maximum atomic E-state index is 5.27. The lowest BCUT2D eigenvalue weighted by molar-refractivity contribution is 0.184. The Bertz CT molecular complexity index is 1040.